The Morgan fingerprint density at radius 3 is 2.56 bits per heavy atom. The topological polar surface area (TPSA) is 87.7 Å². The first kappa shape index (κ1) is 20.5. The van der Waals surface area contributed by atoms with Gasteiger partial charge in [-0.2, -0.15) is 0 Å². The van der Waals surface area contributed by atoms with E-state index in [1.165, 1.54) is 12.1 Å². The van der Waals surface area contributed by atoms with Gasteiger partial charge in [-0.15, -0.1) is 0 Å². The minimum Gasteiger partial charge on any atom is -0.457 e. The summed E-state index contributed by atoms with van der Waals surface area (Å²) in [6, 6.07) is 20.8. The van der Waals surface area contributed by atoms with Crippen molar-refractivity contribution in [2.75, 3.05) is 16.8 Å². The van der Waals surface area contributed by atoms with Crippen LogP contribution in [-0.2, 0) is 14.8 Å². The number of hydrogen-bond acceptors (Lipinski definition) is 5. The van der Waals surface area contributed by atoms with Crippen molar-refractivity contribution in [3.05, 3.63) is 78.4 Å². The van der Waals surface area contributed by atoms with Gasteiger partial charge in [-0.25, -0.2) is 13.1 Å². The molecule has 2 atom stereocenters. The summed E-state index contributed by atoms with van der Waals surface area (Å²) >= 11 is 0. The van der Waals surface area contributed by atoms with E-state index < -0.39 is 10.0 Å². The Morgan fingerprint density at radius 1 is 1.00 bits per heavy atom. The molecule has 0 bridgehead atoms. The fourth-order valence-corrected chi connectivity index (χ4v) is 5.51. The molecule has 0 aromatic heterocycles. The lowest BCUT2D eigenvalue weighted by Gasteiger charge is -2.32. The third-order valence-electron chi connectivity index (χ3n) is 5.76. The molecule has 1 amide bonds. The molecule has 164 valence electrons. The molecule has 2 N–H and O–H groups in total. The molecule has 3 aromatic rings. The molecule has 0 aliphatic carbocycles. The second-order valence-corrected chi connectivity index (χ2v) is 9.83. The summed E-state index contributed by atoms with van der Waals surface area (Å²) in [5.41, 5.74) is 2.74. The minimum absolute atomic E-state index is 0.108. The zero-order valence-corrected chi connectivity index (χ0v) is 18.3. The molecule has 0 radical (unpaired) electrons. The van der Waals surface area contributed by atoms with Gasteiger partial charge in [0.1, 0.15) is 17.5 Å². The molecule has 1 saturated heterocycles. The number of hydrogen-bond donors (Lipinski definition) is 2. The largest absolute Gasteiger partial charge is 0.457 e. The predicted molar refractivity (Wildman–Crippen MR) is 123 cm³/mol. The Kier molecular flexibility index (Phi) is 5.11. The molecule has 2 aliphatic rings. The second kappa shape index (κ2) is 7.96. The molecule has 0 spiro atoms. The Labute approximate surface area is 187 Å². The Balaban J connectivity index is 1.29. The van der Waals surface area contributed by atoms with Crippen molar-refractivity contribution in [2.45, 2.75) is 30.3 Å². The smallest absolute Gasteiger partial charge is 0.247 e. The number of aryl methyl sites for hydroxylation is 1. The van der Waals surface area contributed by atoms with Gasteiger partial charge < -0.3 is 15.0 Å². The maximum atomic E-state index is 13.0. The molecule has 1 fully saturated rings. The fourth-order valence-electron chi connectivity index (χ4n) is 4.27. The van der Waals surface area contributed by atoms with E-state index in [0.29, 0.717) is 24.5 Å². The van der Waals surface area contributed by atoms with Crippen LogP contribution in [0, 0.1) is 6.92 Å². The second-order valence-electron chi connectivity index (χ2n) is 8.12. The van der Waals surface area contributed by atoms with Crippen molar-refractivity contribution in [2.24, 2.45) is 0 Å². The number of amides is 1. The summed E-state index contributed by atoms with van der Waals surface area (Å²) in [5, 5.41) is 2.90. The maximum Gasteiger partial charge on any atom is 0.247 e. The van der Waals surface area contributed by atoms with Crippen LogP contribution in [0.1, 0.15) is 12.0 Å². The van der Waals surface area contributed by atoms with Gasteiger partial charge in [-0.05, 0) is 67.4 Å². The van der Waals surface area contributed by atoms with Crippen LogP contribution >= 0.6 is 0 Å². The van der Waals surface area contributed by atoms with E-state index in [4.69, 9.17) is 4.74 Å². The number of nitrogens with zero attached hydrogens (tertiary/aromatic N) is 1. The SMILES string of the molecule is Cc1cccc(Oc2ccc(S(=O)(=O)NC3CC4C(=O)Nc5ccccc5N4C3)cc2)c1. The number of para-hydroxylation sites is 2. The number of sulfonamides is 1. The highest BCUT2D eigenvalue weighted by atomic mass is 32.2. The monoisotopic (exact) mass is 449 g/mol. The van der Waals surface area contributed by atoms with Gasteiger partial charge in [-0.3, -0.25) is 4.79 Å². The first-order valence-electron chi connectivity index (χ1n) is 10.4. The summed E-state index contributed by atoms with van der Waals surface area (Å²) in [6.45, 7) is 2.41. The molecule has 7 nitrogen and oxygen atoms in total. The van der Waals surface area contributed by atoms with E-state index in [1.807, 2.05) is 60.4 Å². The molecule has 2 aliphatic heterocycles. The maximum absolute atomic E-state index is 13.0. The first-order valence-corrected chi connectivity index (χ1v) is 11.9. The molecule has 8 heteroatoms. The van der Waals surface area contributed by atoms with Crippen molar-refractivity contribution in [1.82, 2.24) is 4.72 Å². The highest BCUT2D eigenvalue weighted by molar-refractivity contribution is 7.89. The van der Waals surface area contributed by atoms with E-state index in [2.05, 4.69) is 10.0 Å². The molecule has 3 aromatic carbocycles. The Hall–Kier alpha value is -3.36. The summed E-state index contributed by atoms with van der Waals surface area (Å²) in [5.74, 6) is 1.14. The number of carbonyl (C=O) groups excluding carboxylic acids is 1. The Morgan fingerprint density at radius 2 is 1.78 bits per heavy atom. The van der Waals surface area contributed by atoms with Crippen molar-refractivity contribution < 1.29 is 17.9 Å². The fraction of sp³-hybridized carbons (Fsp3) is 0.208. The standard InChI is InChI=1S/C24H23N3O4S/c1-16-5-4-6-19(13-16)31-18-9-11-20(12-10-18)32(29,30)26-17-14-23-24(28)25-21-7-2-3-8-22(21)27(23)15-17/h2-13,17,23,26H,14-15H2,1H3,(H,25,28). The lowest BCUT2D eigenvalue weighted by molar-refractivity contribution is -0.117. The zero-order chi connectivity index (χ0) is 22.3. The van der Waals surface area contributed by atoms with Crippen molar-refractivity contribution in [3.63, 3.8) is 0 Å². The third-order valence-corrected chi connectivity index (χ3v) is 7.29. The van der Waals surface area contributed by atoms with Crippen LogP contribution in [0.15, 0.2) is 77.7 Å². The lowest BCUT2D eigenvalue weighted by atomic mass is 10.1. The van der Waals surface area contributed by atoms with Gasteiger partial charge in [-0.1, -0.05) is 24.3 Å². The van der Waals surface area contributed by atoms with Crippen LogP contribution < -0.4 is 19.7 Å². The average Bonchev–Trinajstić information content (AvgIpc) is 3.18. The predicted octanol–water partition coefficient (Wildman–Crippen LogP) is 3.67. The number of rotatable bonds is 5. The molecule has 2 heterocycles. The van der Waals surface area contributed by atoms with Gasteiger partial charge in [0, 0.05) is 12.6 Å². The highest BCUT2D eigenvalue weighted by Crippen LogP contribution is 2.36. The summed E-state index contributed by atoms with van der Waals surface area (Å²) in [6.07, 6.45) is 0.411. The zero-order valence-electron chi connectivity index (χ0n) is 17.5. The van der Waals surface area contributed by atoms with E-state index in [9.17, 15) is 13.2 Å². The average molecular weight is 450 g/mol. The number of nitrogens with one attached hydrogen (secondary N) is 2. The van der Waals surface area contributed by atoms with Gasteiger partial charge >= 0.3 is 0 Å². The van der Waals surface area contributed by atoms with Crippen LogP contribution in [0.3, 0.4) is 0 Å². The van der Waals surface area contributed by atoms with Gasteiger partial charge in [0.15, 0.2) is 0 Å². The highest BCUT2D eigenvalue weighted by Gasteiger charge is 2.42. The third kappa shape index (κ3) is 3.94. The quantitative estimate of drug-likeness (QED) is 0.621. The summed E-state index contributed by atoms with van der Waals surface area (Å²) in [4.78, 5) is 14.6. The van der Waals surface area contributed by atoms with Crippen LogP contribution in [0.25, 0.3) is 0 Å². The normalized spacial score (nSPS) is 19.8. The Bertz CT molecular complexity index is 1270. The molecule has 0 saturated carbocycles. The number of carbonyl (C=O) groups is 1. The number of anilines is 2. The number of benzene rings is 3. The van der Waals surface area contributed by atoms with Crippen molar-refractivity contribution in [1.29, 1.82) is 0 Å². The van der Waals surface area contributed by atoms with E-state index in [-0.39, 0.29) is 22.9 Å². The molecule has 5 rings (SSSR count). The molecular formula is C24H23N3O4S. The lowest BCUT2D eigenvalue weighted by Crippen LogP contribution is -2.44. The molecule has 2 unspecified atom stereocenters. The van der Waals surface area contributed by atoms with Gasteiger partial charge in [0.05, 0.1) is 16.3 Å². The van der Waals surface area contributed by atoms with Gasteiger partial charge in [0.2, 0.25) is 15.9 Å². The van der Waals surface area contributed by atoms with Crippen molar-refractivity contribution >= 4 is 27.3 Å². The number of fused-ring (bicyclic) bond motifs is 3. The van der Waals surface area contributed by atoms with Crippen LogP contribution in [0.4, 0.5) is 11.4 Å². The van der Waals surface area contributed by atoms with Crippen LogP contribution in [0.5, 0.6) is 11.5 Å². The van der Waals surface area contributed by atoms with Crippen LogP contribution in [0.2, 0.25) is 0 Å². The molecule has 32 heavy (non-hydrogen) atoms. The van der Waals surface area contributed by atoms with E-state index >= 15 is 0 Å². The summed E-state index contributed by atoms with van der Waals surface area (Å²) < 4.78 is 34.5. The van der Waals surface area contributed by atoms with Crippen molar-refractivity contribution in [3.8, 4) is 11.5 Å². The number of ether oxygens (including phenoxy) is 1. The van der Waals surface area contributed by atoms with E-state index in [1.54, 1.807) is 12.1 Å². The minimum atomic E-state index is -3.74. The first-order chi connectivity index (χ1) is 15.4. The van der Waals surface area contributed by atoms with Gasteiger partial charge in [0.25, 0.3) is 0 Å². The summed E-state index contributed by atoms with van der Waals surface area (Å²) in [7, 11) is -3.74. The van der Waals surface area contributed by atoms with E-state index in [0.717, 1.165) is 16.9 Å². The molecular weight excluding hydrogens is 426 g/mol. The van der Waals surface area contributed by atoms with Crippen LogP contribution in [-0.4, -0.2) is 33.0 Å².